The monoisotopic (exact) mass is 442 g/mol. The Morgan fingerprint density at radius 1 is 1.18 bits per heavy atom. The van der Waals surface area contributed by atoms with Gasteiger partial charge in [0.15, 0.2) is 0 Å². The van der Waals surface area contributed by atoms with Crippen molar-refractivity contribution in [3.63, 3.8) is 0 Å². The number of sulfonamides is 1. The molecule has 1 atom stereocenters. The van der Waals surface area contributed by atoms with Crippen molar-refractivity contribution in [3.8, 4) is 5.75 Å². The molecule has 150 valence electrons. The van der Waals surface area contributed by atoms with E-state index in [0.29, 0.717) is 35.1 Å². The first-order valence-corrected chi connectivity index (χ1v) is 10.9. The van der Waals surface area contributed by atoms with Gasteiger partial charge in [-0.15, -0.1) is 0 Å². The van der Waals surface area contributed by atoms with Gasteiger partial charge in [-0.3, -0.25) is 4.79 Å². The minimum Gasteiger partial charge on any atom is -0.495 e. The molecule has 0 bridgehead atoms. The number of ether oxygens (including phenoxy) is 1. The lowest BCUT2D eigenvalue weighted by Crippen LogP contribution is -2.43. The van der Waals surface area contributed by atoms with Gasteiger partial charge in [-0.2, -0.15) is 4.31 Å². The Morgan fingerprint density at radius 3 is 2.64 bits per heavy atom. The number of carbonyl (C=O) groups is 1. The van der Waals surface area contributed by atoms with Crippen molar-refractivity contribution in [1.29, 1.82) is 0 Å². The van der Waals surface area contributed by atoms with Crippen LogP contribution in [0.1, 0.15) is 12.8 Å². The molecule has 0 radical (unpaired) electrons. The number of hydrogen-bond donors (Lipinski definition) is 1. The second-order valence-corrected chi connectivity index (χ2v) is 9.28. The lowest BCUT2D eigenvalue weighted by molar-refractivity contribution is -0.120. The molecule has 0 aromatic heterocycles. The number of hydrogen-bond acceptors (Lipinski definition) is 4. The largest absolute Gasteiger partial charge is 0.495 e. The van der Waals surface area contributed by atoms with Crippen LogP contribution in [-0.4, -0.2) is 38.8 Å². The second-order valence-electron chi connectivity index (χ2n) is 6.50. The van der Waals surface area contributed by atoms with Gasteiger partial charge >= 0.3 is 0 Å². The number of rotatable bonds is 5. The molecule has 1 aliphatic heterocycles. The highest BCUT2D eigenvalue weighted by Gasteiger charge is 2.35. The van der Waals surface area contributed by atoms with Gasteiger partial charge in [0.1, 0.15) is 10.6 Å². The van der Waals surface area contributed by atoms with Crippen molar-refractivity contribution in [1.82, 2.24) is 4.31 Å². The van der Waals surface area contributed by atoms with Crippen LogP contribution in [0.3, 0.4) is 0 Å². The topological polar surface area (TPSA) is 75.7 Å². The molecule has 0 aliphatic carbocycles. The standard InChI is InChI=1S/C19H20Cl2N2O4S/c1-27-17-8-7-15(21)11-18(17)28(25,26)23-9-3-4-13(12-23)19(24)22-16-6-2-5-14(20)10-16/h2,5-8,10-11,13H,3-4,9,12H2,1H3,(H,22,24)/t13-/m1/s1. The molecule has 1 aliphatic rings. The van der Waals surface area contributed by atoms with Gasteiger partial charge in [0, 0.05) is 28.8 Å². The van der Waals surface area contributed by atoms with Crippen molar-refractivity contribution in [2.45, 2.75) is 17.7 Å². The van der Waals surface area contributed by atoms with E-state index in [1.807, 2.05) is 0 Å². The number of nitrogens with one attached hydrogen (secondary N) is 1. The number of piperidine rings is 1. The van der Waals surface area contributed by atoms with Crippen molar-refractivity contribution >= 4 is 44.8 Å². The van der Waals surface area contributed by atoms with Gasteiger partial charge < -0.3 is 10.1 Å². The molecule has 9 heteroatoms. The van der Waals surface area contributed by atoms with E-state index in [4.69, 9.17) is 27.9 Å². The molecular formula is C19H20Cl2N2O4S. The van der Waals surface area contributed by atoms with Crippen LogP contribution < -0.4 is 10.1 Å². The number of carbonyl (C=O) groups excluding carboxylic acids is 1. The average molecular weight is 443 g/mol. The maximum atomic E-state index is 13.1. The van der Waals surface area contributed by atoms with E-state index in [1.54, 1.807) is 30.3 Å². The minimum absolute atomic E-state index is 0.00148. The second kappa shape index (κ2) is 8.69. The molecule has 3 rings (SSSR count). The summed E-state index contributed by atoms with van der Waals surface area (Å²) in [4.78, 5) is 12.6. The van der Waals surface area contributed by atoms with E-state index in [0.717, 1.165) is 0 Å². The van der Waals surface area contributed by atoms with Gasteiger partial charge in [-0.05, 0) is 49.2 Å². The van der Waals surface area contributed by atoms with Gasteiger partial charge in [0.2, 0.25) is 15.9 Å². The number of nitrogens with zero attached hydrogens (tertiary/aromatic N) is 1. The number of amides is 1. The molecule has 6 nitrogen and oxygen atoms in total. The van der Waals surface area contributed by atoms with Crippen LogP contribution in [0, 0.1) is 5.92 Å². The Hall–Kier alpha value is -1.80. The summed E-state index contributed by atoms with van der Waals surface area (Å²) in [6.07, 6.45) is 1.18. The van der Waals surface area contributed by atoms with Crippen molar-refractivity contribution in [2.24, 2.45) is 5.92 Å². The summed E-state index contributed by atoms with van der Waals surface area (Å²) in [6, 6.07) is 11.3. The molecule has 0 saturated carbocycles. The fourth-order valence-corrected chi connectivity index (χ4v) is 5.31. The molecule has 2 aromatic carbocycles. The molecule has 28 heavy (non-hydrogen) atoms. The maximum Gasteiger partial charge on any atom is 0.246 e. The first-order chi connectivity index (χ1) is 13.3. The molecular weight excluding hydrogens is 423 g/mol. The van der Waals surface area contributed by atoms with E-state index >= 15 is 0 Å². The highest BCUT2D eigenvalue weighted by molar-refractivity contribution is 7.89. The number of benzene rings is 2. The first-order valence-electron chi connectivity index (χ1n) is 8.71. The SMILES string of the molecule is COc1ccc(Cl)cc1S(=O)(=O)N1CCC[C@@H](C(=O)Nc2cccc(Cl)c2)C1. The Labute approximate surface area is 174 Å². The molecule has 2 aromatic rings. The fraction of sp³-hybridized carbons (Fsp3) is 0.316. The lowest BCUT2D eigenvalue weighted by Gasteiger charge is -2.31. The Bertz CT molecular complexity index is 982. The third kappa shape index (κ3) is 4.60. The highest BCUT2D eigenvalue weighted by atomic mass is 35.5. The third-order valence-corrected chi connectivity index (χ3v) is 6.95. The molecule has 1 fully saturated rings. The predicted molar refractivity (Wildman–Crippen MR) is 110 cm³/mol. The summed E-state index contributed by atoms with van der Waals surface area (Å²) in [6.45, 7) is 0.420. The molecule has 1 amide bonds. The zero-order valence-electron chi connectivity index (χ0n) is 15.2. The highest BCUT2D eigenvalue weighted by Crippen LogP contribution is 2.32. The van der Waals surface area contributed by atoms with E-state index in [9.17, 15) is 13.2 Å². The molecule has 1 N–H and O–H groups in total. The summed E-state index contributed by atoms with van der Waals surface area (Å²) < 4.78 is 32.8. The van der Waals surface area contributed by atoms with Crippen molar-refractivity contribution < 1.29 is 17.9 Å². The first kappa shape index (κ1) is 20.9. The summed E-state index contributed by atoms with van der Waals surface area (Å²) in [5.41, 5.74) is 0.578. The minimum atomic E-state index is -3.85. The van der Waals surface area contributed by atoms with Crippen LogP contribution in [0.2, 0.25) is 10.0 Å². The summed E-state index contributed by atoms with van der Waals surface area (Å²) >= 11 is 11.9. The maximum absolute atomic E-state index is 13.1. The fourth-order valence-electron chi connectivity index (χ4n) is 3.18. The Balaban J connectivity index is 1.79. The van der Waals surface area contributed by atoms with Crippen molar-refractivity contribution in [2.75, 3.05) is 25.5 Å². The quantitative estimate of drug-likeness (QED) is 0.757. The summed E-state index contributed by atoms with van der Waals surface area (Å²) in [5, 5.41) is 3.62. The normalized spacial score (nSPS) is 17.9. The molecule has 0 unspecified atom stereocenters. The van der Waals surface area contributed by atoms with Gasteiger partial charge in [0.25, 0.3) is 0 Å². The molecule has 1 heterocycles. The molecule has 0 spiro atoms. The van der Waals surface area contributed by atoms with E-state index in [-0.39, 0.29) is 23.1 Å². The van der Waals surface area contributed by atoms with E-state index in [1.165, 1.54) is 23.5 Å². The van der Waals surface area contributed by atoms with E-state index < -0.39 is 15.9 Å². The Kier molecular flexibility index (Phi) is 6.50. The van der Waals surface area contributed by atoms with Crippen molar-refractivity contribution in [3.05, 3.63) is 52.5 Å². The number of anilines is 1. The zero-order valence-corrected chi connectivity index (χ0v) is 17.5. The summed E-state index contributed by atoms with van der Waals surface area (Å²) in [5.74, 6) is -0.484. The average Bonchev–Trinajstić information content (AvgIpc) is 2.68. The number of methoxy groups -OCH3 is 1. The van der Waals surface area contributed by atoms with Crippen LogP contribution >= 0.6 is 23.2 Å². The van der Waals surface area contributed by atoms with Gasteiger partial charge in [0.05, 0.1) is 13.0 Å². The van der Waals surface area contributed by atoms with Crippen LogP contribution in [0.5, 0.6) is 5.75 Å². The third-order valence-electron chi connectivity index (χ3n) is 4.59. The van der Waals surface area contributed by atoms with Crippen LogP contribution in [0.4, 0.5) is 5.69 Å². The van der Waals surface area contributed by atoms with Gasteiger partial charge in [-0.25, -0.2) is 8.42 Å². The lowest BCUT2D eigenvalue weighted by atomic mass is 9.99. The summed E-state index contributed by atoms with van der Waals surface area (Å²) in [7, 11) is -2.45. The van der Waals surface area contributed by atoms with Gasteiger partial charge in [-0.1, -0.05) is 29.3 Å². The van der Waals surface area contributed by atoms with Crippen LogP contribution in [0.25, 0.3) is 0 Å². The molecule has 1 saturated heterocycles. The van der Waals surface area contributed by atoms with Crippen LogP contribution in [0.15, 0.2) is 47.4 Å². The zero-order chi connectivity index (χ0) is 20.3. The Morgan fingerprint density at radius 2 is 1.93 bits per heavy atom. The van der Waals surface area contributed by atoms with E-state index in [2.05, 4.69) is 5.32 Å². The number of halogens is 2. The smallest absolute Gasteiger partial charge is 0.246 e. The van der Waals surface area contributed by atoms with Crippen LogP contribution in [-0.2, 0) is 14.8 Å². The predicted octanol–water partition coefficient (Wildman–Crippen LogP) is 4.04.